The van der Waals surface area contributed by atoms with E-state index >= 15 is 0 Å². The van der Waals surface area contributed by atoms with Crippen LogP contribution in [0.5, 0.6) is 23.0 Å². The van der Waals surface area contributed by atoms with Crippen molar-refractivity contribution in [2.24, 2.45) is 10.1 Å². The fourth-order valence-corrected chi connectivity index (χ4v) is 5.72. The van der Waals surface area contributed by atoms with E-state index < -0.39 is 5.91 Å². The van der Waals surface area contributed by atoms with Gasteiger partial charge >= 0.3 is 0 Å². The van der Waals surface area contributed by atoms with Crippen molar-refractivity contribution in [1.82, 2.24) is 5.01 Å². The maximum atomic E-state index is 13.0. The summed E-state index contributed by atoms with van der Waals surface area (Å²) < 4.78 is 22.7. The first-order chi connectivity index (χ1) is 20.8. The molecule has 0 spiro atoms. The SMILES string of the molecule is C=CCc1ccc(OCCOc2c(Cl)cc(/C=C3\C(=N)N4N=C(c5ccccc5C)SC4=NC3=O)cc2OC)c(OC)c1. The zero-order valence-electron chi connectivity index (χ0n) is 23.8. The molecule has 0 unspecified atom stereocenters. The predicted molar refractivity (Wildman–Crippen MR) is 171 cm³/mol. The summed E-state index contributed by atoms with van der Waals surface area (Å²) in [6, 6.07) is 16.8. The Bertz CT molecular complexity index is 1700. The molecule has 0 saturated heterocycles. The summed E-state index contributed by atoms with van der Waals surface area (Å²) in [6.45, 7) is 6.16. The van der Waals surface area contributed by atoms with Gasteiger partial charge in [0.1, 0.15) is 18.3 Å². The summed E-state index contributed by atoms with van der Waals surface area (Å²) in [4.78, 5) is 17.1. The summed E-state index contributed by atoms with van der Waals surface area (Å²) >= 11 is 7.84. The molecule has 1 amide bonds. The molecule has 0 aromatic heterocycles. The molecule has 2 aliphatic rings. The lowest BCUT2D eigenvalue weighted by atomic mass is 10.1. The number of amides is 1. The van der Waals surface area contributed by atoms with Gasteiger partial charge in [0, 0.05) is 5.56 Å². The van der Waals surface area contributed by atoms with Crippen LogP contribution in [-0.4, -0.2) is 54.4 Å². The molecule has 5 rings (SSSR count). The molecule has 0 aliphatic carbocycles. The van der Waals surface area contributed by atoms with Crippen LogP contribution in [0.3, 0.4) is 0 Å². The zero-order chi connectivity index (χ0) is 30.5. The number of carbonyl (C=O) groups excluding carboxylic acids is 1. The summed E-state index contributed by atoms with van der Waals surface area (Å²) in [5.74, 6) is 1.29. The standard InChI is InChI=1S/C32H29ClN4O5S/c1-5-8-20-11-12-25(26(17-20)39-3)41-13-14-42-28-24(33)16-21(18-27(28)40-4)15-23-29(34)37-32(35-30(23)38)43-31(36-37)22-10-7-6-9-19(22)2/h5-7,9-12,15-18,34H,1,8,13-14H2,2-4H3/b23-15+,34-29?. The lowest BCUT2D eigenvalue weighted by molar-refractivity contribution is -0.114. The summed E-state index contributed by atoms with van der Waals surface area (Å²) in [5, 5.41) is 16.0. The molecule has 11 heteroatoms. The lowest BCUT2D eigenvalue weighted by Gasteiger charge is -2.20. The Morgan fingerprint density at radius 2 is 1.79 bits per heavy atom. The topological polar surface area (TPSA) is 106 Å². The minimum atomic E-state index is -0.537. The molecule has 0 atom stereocenters. The number of amidine groups is 2. The Hall–Kier alpha value is -4.54. The molecular weight excluding hydrogens is 588 g/mol. The molecule has 9 nitrogen and oxygen atoms in total. The number of rotatable bonds is 11. The molecule has 1 N–H and O–H groups in total. The highest BCUT2D eigenvalue weighted by Gasteiger charge is 2.36. The quantitative estimate of drug-likeness (QED) is 0.148. The monoisotopic (exact) mass is 616 g/mol. The number of nitrogens with zero attached hydrogens (tertiary/aromatic N) is 3. The minimum absolute atomic E-state index is 0.0763. The molecule has 0 saturated carbocycles. The van der Waals surface area contributed by atoms with Crippen LogP contribution in [0.1, 0.15) is 22.3 Å². The van der Waals surface area contributed by atoms with Crippen molar-refractivity contribution in [1.29, 1.82) is 5.41 Å². The van der Waals surface area contributed by atoms with Gasteiger partial charge in [0.15, 0.2) is 28.8 Å². The first-order valence-corrected chi connectivity index (χ1v) is 14.5. The Morgan fingerprint density at radius 1 is 1.02 bits per heavy atom. The van der Waals surface area contributed by atoms with Crippen LogP contribution in [-0.2, 0) is 11.2 Å². The fourth-order valence-electron chi connectivity index (χ4n) is 4.46. The number of aryl methyl sites for hydroxylation is 1. The van der Waals surface area contributed by atoms with Crippen LogP contribution in [0.4, 0.5) is 0 Å². The summed E-state index contributed by atoms with van der Waals surface area (Å²) in [5.41, 5.74) is 3.65. The number of hydrogen-bond donors (Lipinski definition) is 1. The van der Waals surface area contributed by atoms with E-state index in [2.05, 4.69) is 16.7 Å². The van der Waals surface area contributed by atoms with Crippen molar-refractivity contribution >= 4 is 51.4 Å². The van der Waals surface area contributed by atoms with E-state index in [1.165, 1.54) is 23.9 Å². The second kappa shape index (κ2) is 13.2. The zero-order valence-corrected chi connectivity index (χ0v) is 25.4. The number of ether oxygens (including phenoxy) is 4. The number of aliphatic imine (C=N–C) groups is 1. The van der Waals surface area contributed by atoms with Gasteiger partial charge in [-0.05, 0) is 72.1 Å². The van der Waals surface area contributed by atoms with Crippen molar-refractivity contribution in [2.45, 2.75) is 13.3 Å². The van der Waals surface area contributed by atoms with E-state index in [0.717, 1.165) is 23.1 Å². The molecule has 0 bridgehead atoms. The Morgan fingerprint density at radius 3 is 2.53 bits per heavy atom. The maximum absolute atomic E-state index is 13.0. The van der Waals surface area contributed by atoms with Gasteiger partial charge in [-0.1, -0.05) is 48.0 Å². The third kappa shape index (κ3) is 6.45. The number of allylic oxidation sites excluding steroid dienone is 1. The molecule has 2 heterocycles. The Balaban J connectivity index is 1.29. The second-order valence-electron chi connectivity index (χ2n) is 9.45. The van der Waals surface area contributed by atoms with Crippen LogP contribution in [0.2, 0.25) is 5.02 Å². The first kappa shape index (κ1) is 29.9. The van der Waals surface area contributed by atoms with Crippen LogP contribution < -0.4 is 18.9 Å². The molecule has 220 valence electrons. The molecule has 0 radical (unpaired) electrons. The number of hydrogen-bond acceptors (Lipinski definition) is 8. The number of thioether (sulfide) groups is 1. The molecule has 2 aliphatic heterocycles. The Labute approximate surface area is 259 Å². The van der Waals surface area contributed by atoms with E-state index in [0.29, 0.717) is 38.8 Å². The minimum Gasteiger partial charge on any atom is -0.493 e. The molecule has 0 fully saturated rings. The number of methoxy groups -OCH3 is 2. The van der Waals surface area contributed by atoms with E-state index in [4.69, 9.17) is 36.0 Å². The van der Waals surface area contributed by atoms with Gasteiger partial charge in [-0.3, -0.25) is 10.2 Å². The predicted octanol–water partition coefficient (Wildman–Crippen LogP) is 6.52. The normalized spacial score (nSPS) is 15.2. The van der Waals surface area contributed by atoms with Crippen LogP contribution >= 0.6 is 23.4 Å². The van der Waals surface area contributed by atoms with E-state index in [1.807, 2.05) is 55.5 Å². The highest BCUT2D eigenvalue weighted by molar-refractivity contribution is 8.27. The average Bonchev–Trinajstić information content (AvgIpc) is 3.42. The van der Waals surface area contributed by atoms with Crippen molar-refractivity contribution in [3.8, 4) is 23.0 Å². The van der Waals surface area contributed by atoms with Crippen molar-refractivity contribution < 1.29 is 23.7 Å². The van der Waals surface area contributed by atoms with Gasteiger partial charge in [0.25, 0.3) is 5.91 Å². The number of halogens is 1. The molecular formula is C32H29ClN4O5S. The number of nitrogens with one attached hydrogen (secondary N) is 1. The number of hydrazone groups is 1. The van der Waals surface area contributed by atoms with Crippen LogP contribution in [0, 0.1) is 12.3 Å². The van der Waals surface area contributed by atoms with Crippen LogP contribution in [0.15, 0.2) is 82.9 Å². The van der Waals surface area contributed by atoms with Gasteiger partial charge in [-0.15, -0.1) is 6.58 Å². The second-order valence-corrected chi connectivity index (χ2v) is 10.8. The number of fused-ring (bicyclic) bond motifs is 1. The smallest absolute Gasteiger partial charge is 0.283 e. The Kier molecular flexibility index (Phi) is 9.18. The highest BCUT2D eigenvalue weighted by Crippen LogP contribution is 2.38. The average molecular weight is 617 g/mol. The van der Waals surface area contributed by atoms with Crippen molar-refractivity contribution in [3.05, 3.63) is 100 Å². The van der Waals surface area contributed by atoms with E-state index in [-0.39, 0.29) is 29.6 Å². The van der Waals surface area contributed by atoms with Gasteiger partial charge in [-0.25, -0.2) is 0 Å². The largest absolute Gasteiger partial charge is 0.493 e. The van der Waals surface area contributed by atoms with Crippen LogP contribution in [0.25, 0.3) is 6.08 Å². The first-order valence-electron chi connectivity index (χ1n) is 13.3. The summed E-state index contributed by atoms with van der Waals surface area (Å²) in [6.07, 6.45) is 4.10. The van der Waals surface area contributed by atoms with Gasteiger partial charge in [-0.2, -0.15) is 15.1 Å². The van der Waals surface area contributed by atoms with Gasteiger partial charge < -0.3 is 18.9 Å². The lowest BCUT2D eigenvalue weighted by Crippen LogP contribution is -2.35. The van der Waals surface area contributed by atoms with Crippen molar-refractivity contribution in [2.75, 3.05) is 27.4 Å². The van der Waals surface area contributed by atoms with E-state index in [1.54, 1.807) is 25.3 Å². The molecule has 3 aromatic carbocycles. The van der Waals surface area contributed by atoms with Crippen molar-refractivity contribution in [3.63, 3.8) is 0 Å². The number of carbonyl (C=O) groups is 1. The number of benzene rings is 3. The molecule has 43 heavy (non-hydrogen) atoms. The van der Waals surface area contributed by atoms with Gasteiger partial charge in [0.05, 0.1) is 24.8 Å². The molecule has 3 aromatic rings. The highest BCUT2D eigenvalue weighted by atomic mass is 35.5. The van der Waals surface area contributed by atoms with E-state index in [9.17, 15) is 4.79 Å². The third-order valence-corrected chi connectivity index (χ3v) is 7.81. The summed E-state index contributed by atoms with van der Waals surface area (Å²) in [7, 11) is 3.08. The van der Waals surface area contributed by atoms with Gasteiger partial charge in [0.2, 0.25) is 5.17 Å². The fraction of sp³-hybridized carbons (Fsp3) is 0.188. The maximum Gasteiger partial charge on any atom is 0.283 e. The third-order valence-electron chi connectivity index (χ3n) is 6.59.